The molecule has 3 heterocycles. The van der Waals surface area contributed by atoms with Crippen LogP contribution in [0.4, 0.5) is 0 Å². The smallest absolute Gasteiger partial charge is 0.335 e. The molecule has 56 heavy (non-hydrogen) atoms. The first-order valence-corrected chi connectivity index (χ1v) is 21.8. The zero-order chi connectivity index (χ0) is 42.1. The molecule has 1 aromatic carbocycles. The van der Waals surface area contributed by atoms with Crippen molar-refractivity contribution < 1.29 is 28.6 Å². The van der Waals surface area contributed by atoms with Gasteiger partial charge >= 0.3 is 17.9 Å². The lowest BCUT2D eigenvalue weighted by molar-refractivity contribution is -0.200. The number of carbonyl (C=O) groups is 3. The van der Waals surface area contributed by atoms with Gasteiger partial charge in [-0.3, -0.25) is 29.1 Å². The SMILES string of the molecule is CCCN1C(C)(C)CC(OC(=O)C(Cc2ccccc2)(C(=O)OC2CC(C)(C)N(CCC)C(C)(C)C2)C(=O)OC2CC(C)(C)N(CCC)C(C)(C)C2)CC1(C)C. The molecule has 3 aliphatic rings. The third-order valence-electron chi connectivity index (χ3n) is 13.3. The third-order valence-corrected chi connectivity index (χ3v) is 13.3. The Bertz CT molecular complexity index is 1320. The molecule has 3 saturated heterocycles. The van der Waals surface area contributed by atoms with Crippen molar-refractivity contribution in [2.24, 2.45) is 5.41 Å². The highest BCUT2D eigenvalue weighted by Crippen LogP contribution is 2.45. The fourth-order valence-corrected chi connectivity index (χ4v) is 11.5. The summed E-state index contributed by atoms with van der Waals surface area (Å²) < 4.78 is 19.6. The maximum atomic E-state index is 15.3. The summed E-state index contributed by atoms with van der Waals surface area (Å²) >= 11 is 0. The average molecular weight is 782 g/mol. The first kappa shape index (κ1) is 46.2. The first-order valence-electron chi connectivity index (χ1n) is 21.8. The molecule has 9 heteroatoms. The lowest BCUT2D eigenvalue weighted by Gasteiger charge is -2.55. The third kappa shape index (κ3) is 9.85. The van der Waals surface area contributed by atoms with E-state index in [-0.39, 0.29) is 39.7 Å². The predicted molar refractivity (Wildman–Crippen MR) is 225 cm³/mol. The molecule has 0 unspecified atom stereocenters. The molecular formula is C47H79N3O6. The fraction of sp³-hybridized carbons (Fsp3) is 0.809. The quantitative estimate of drug-likeness (QED) is 0.104. The largest absolute Gasteiger partial charge is 0.461 e. The second-order valence-electron chi connectivity index (χ2n) is 21.2. The number of carbonyl (C=O) groups excluding carboxylic acids is 3. The van der Waals surface area contributed by atoms with Gasteiger partial charge in [-0.1, -0.05) is 51.1 Å². The minimum atomic E-state index is -2.36. The Morgan fingerprint density at radius 3 is 0.982 bits per heavy atom. The standard InChI is InChI=1S/C47H79N3O6/c1-16-24-48-41(4,5)28-35(29-42(48,6)7)54-38(51)47(27-34-22-20-19-21-23-34,39(52)55-36-30-43(8,9)49(25-17-2)44(10,11)31-36)40(53)56-37-32-45(12,13)50(26-18-3)46(14,15)33-37/h19-23,35-37H,16-18,24-33H2,1-15H3. The molecule has 9 nitrogen and oxygen atoms in total. The van der Waals surface area contributed by atoms with E-state index in [1.165, 1.54) is 0 Å². The monoisotopic (exact) mass is 782 g/mol. The number of piperidine rings is 3. The van der Waals surface area contributed by atoms with Crippen LogP contribution < -0.4 is 0 Å². The summed E-state index contributed by atoms with van der Waals surface area (Å²) in [4.78, 5) is 53.3. The van der Waals surface area contributed by atoms with E-state index < -0.39 is 41.6 Å². The number of ether oxygens (including phenoxy) is 3. The number of nitrogens with zero attached hydrogens (tertiary/aromatic N) is 3. The zero-order valence-corrected chi connectivity index (χ0v) is 38.1. The second kappa shape index (κ2) is 17.0. The van der Waals surface area contributed by atoms with Gasteiger partial charge in [-0.2, -0.15) is 0 Å². The van der Waals surface area contributed by atoms with Crippen molar-refractivity contribution in [2.75, 3.05) is 19.6 Å². The maximum absolute atomic E-state index is 15.3. The average Bonchev–Trinajstić information content (AvgIpc) is 3.04. The van der Waals surface area contributed by atoms with Gasteiger partial charge in [-0.15, -0.1) is 0 Å². The van der Waals surface area contributed by atoms with Gasteiger partial charge in [0.15, 0.2) is 0 Å². The van der Waals surface area contributed by atoms with Gasteiger partial charge in [0.1, 0.15) is 18.3 Å². The van der Waals surface area contributed by atoms with E-state index in [2.05, 4.69) is 119 Å². The van der Waals surface area contributed by atoms with Crippen molar-refractivity contribution in [3.63, 3.8) is 0 Å². The molecule has 3 fully saturated rings. The minimum Gasteiger partial charge on any atom is -0.461 e. The van der Waals surface area contributed by atoms with Crippen molar-refractivity contribution in [3.8, 4) is 0 Å². The summed E-state index contributed by atoms with van der Waals surface area (Å²) in [6.07, 6.45) is 4.71. The molecule has 4 rings (SSSR count). The Morgan fingerprint density at radius 1 is 0.500 bits per heavy atom. The lowest BCUT2D eigenvalue weighted by Crippen LogP contribution is -2.64. The molecule has 0 radical (unpaired) electrons. The van der Waals surface area contributed by atoms with E-state index in [9.17, 15) is 0 Å². The number of benzene rings is 1. The van der Waals surface area contributed by atoms with Crippen molar-refractivity contribution in [1.82, 2.24) is 14.7 Å². The number of hydrogen-bond donors (Lipinski definition) is 0. The van der Waals surface area contributed by atoms with Gasteiger partial charge in [0, 0.05) is 78.2 Å². The van der Waals surface area contributed by atoms with Gasteiger partial charge in [-0.25, -0.2) is 0 Å². The summed E-state index contributed by atoms with van der Waals surface area (Å²) in [5.41, 5.74) is -3.37. The summed E-state index contributed by atoms with van der Waals surface area (Å²) in [5, 5.41) is 0. The van der Waals surface area contributed by atoms with Crippen LogP contribution in [0, 0.1) is 5.41 Å². The molecule has 0 aliphatic carbocycles. The molecule has 318 valence electrons. The number of rotatable bonds is 14. The Balaban J connectivity index is 1.80. The van der Waals surface area contributed by atoms with E-state index in [0.717, 1.165) is 38.9 Å². The summed E-state index contributed by atoms with van der Waals surface area (Å²) in [7, 11) is 0. The van der Waals surface area contributed by atoms with Crippen molar-refractivity contribution >= 4 is 17.9 Å². The van der Waals surface area contributed by atoms with Crippen molar-refractivity contribution in [3.05, 3.63) is 35.9 Å². The minimum absolute atomic E-state index is 0.214. The van der Waals surface area contributed by atoms with Gasteiger partial charge < -0.3 is 14.2 Å². The molecule has 3 aliphatic heterocycles. The first-order chi connectivity index (χ1) is 25.8. The van der Waals surface area contributed by atoms with E-state index in [4.69, 9.17) is 14.2 Å². The maximum Gasteiger partial charge on any atom is 0.335 e. The number of hydrogen-bond acceptors (Lipinski definition) is 9. The molecular weight excluding hydrogens is 703 g/mol. The molecule has 1 aromatic rings. The van der Waals surface area contributed by atoms with Crippen LogP contribution in [0.5, 0.6) is 0 Å². The topological polar surface area (TPSA) is 88.6 Å². The van der Waals surface area contributed by atoms with Gasteiger partial charge in [0.2, 0.25) is 0 Å². The Kier molecular flexibility index (Phi) is 14.0. The van der Waals surface area contributed by atoms with Crippen LogP contribution in [-0.4, -0.2) is 104 Å². The van der Waals surface area contributed by atoms with Crippen LogP contribution in [-0.2, 0) is 35.0 Å². The fourth-order valence-electron chi connectivity index (χ4n) is 11.5. The second-order valence-corrected chi connectivity index (χ2v) is 21.2. The van der Waals surface area contributed by atoms with Gasteiger partial charge in [-0.05, 0) is 128 Å². The Labute approximate surface area is 340 Å². The predicted octanol–water partition coefficient (Wildman–Crippen LogP) is 9.14. The number of esters is 3. The molecule has 0 atom stereocenters. The molecule has 0 N–H and O–H groups in total. The van der Waals surface area contributed by atoms with Gasteiger partial charge in [0.25, 0.3) is 5.41 Å². The highest BCUT2D eigenvalue weighted by Gasteiger charge is 2.61. The van der Waals surface area contributed by atoms with E-state index in [1.54, 1.807) is 0 Å². The van der Waals surface area contributed by atoms with E-state index >= 15 is 14.4 Å². The summed E-state index contributed by atoms with van der Waals surface area (Å²) in [5.74, 6) is -2.62. The normalized spacial score (nSPS) is 24.3. The van der Waals surface area contributed by atoms with E-state index in [0.29, 0.717) is 44.1 Å². The van der Waals surface area contributed by atoms with Crippen molar-refractivity contribution in [1.29, 1.82) is 0 Å². The van der Waals surface area contributed by atoms with E-state index in [1.807, 2.05) is 30.3 Å². The van der Waals surface area contributed by atoms with Crippen molar-refractivity contribution in [2.45, 2.75) is 220 Å². The van der Waals surface area contributed by atoms with Crippen LogP contribution in [0.2, 0.25) is 0 Å². The molecule has 0 bridgehead atoms. The number of likely N-dealkylation sites (tertiary alicyclic amines) is 3. The molecule has 0 amide bonds. The van der Waals surface area contributed by atoms with Crippen LogP contribution >= 0.6 is 0 Å². The van der Waals surface area contributed by atoms with Gasteiger partial charge in [0.05, 0.1) is 0 Å². The Morgan fingerprint density at radius 2 is 0.750 bits per heavy atom. The van der Waals surface area contributed by atoms with Crippen LogP contribution in [0.3, 0.4) is 0 Å². The molecule has 0 aromatic heterocycles. The van der Waals surface area contributed by atoms with Crippen LogP contribution in [0.1, 0.15) is 167 Å². The highest BCUT2D eigenvalue weighted by molar-refractivity contribution is 6.18. The summed E-state index contributed by atoms with van der Waals surface area (Å²) in [6.45, 7) is 35.6. The highest BCUT2D eigenvalue weighted by atomic mass is 16.6. The van der Waals surface area contributed by atoms with Crippen LogP contribution in [0.25, 0.3) is 0 Å². The molecule has 0 spiro atoms. The summed E-state index contributed by atoms with van der Waals surface area (Å²) in [6, 6.07) is 9.31. The zero-order valence-electron chi connectivity index (χ0n) is 38.1. The molecule has 0 saturated carbocycles. The van der Waals surface area contributed by atoms with Crippen LogP contribution in [0.15, 0.2) is 30.3 Å². The lowest BCUT2D eigenvalue weighted by atomic mass is 9.76. The Hall–Kier alpha value is -2.49.